The molecule has 0 aliphatic rings. The van der Waals surface area contributed by atoms with Crippen molar-refractivity contribution < 1.29 is 52.5 Å². The van der Waals surface area contributed by atoms with Gasteiger partial charge in [0.15, 0.2) is 0 Å². The monoisotopic (exact) mass is 693 g/mol. The molecule has 0 unspecified atom stereocenters. The van der Waals surface area contributed by atoms with E-state index in [1.807, 2.05) is 0 Å². The SMILES string of the molecule is FC(F)(F)c1cc(-c2cccc(-c3ccccn3)n2)[n-]n1.O=C(O)c1ccnc(-c2cc(C(=O)O)ccn2)c1.[N-]=C=S.[Ru+2]. The molecule has 0 saturated heterocycles. The fraction of sp³-hybridized carbons (Fsp3) is 0.0370. The largest absolute Gasteiger partial charge is 2.00 e. The summed E-state index contributed by atoms with van der Waals surface area (Å²) >= 11 is 3.70. The smallest absolute Gasteiger partial charge is 0.753 e. The second kappa shape index (κ2) is 15.8. The first-order chi connectivity index (χ1) is 20.0. The van der Waals surface area contributed by atoms with Crippen LogP contribution in [0.5, 0.6) is 0 Å². The molecule has 0 amide bonds. The molecular weight excluding hydrogens is 676 g/mol. The van der Waals surface area contributed by atoms with Crippen LogP contribution in [-0.4, -0.2) is 52.3 Å². The van der Waals surface area contributed by atoms with Crippen LogP contribution in [0.15, 0.2) is 85.3 Å². The van der Waals surface area contributed by atoms with Crippen molar-refractivity contribution in [1.82, 2.24) is 30.1 Å². The maximum Gasteiger partial charge on any atom is 2.00 e. The molecule has 5 aromatic heterocycles. The van der Waals surface area contributed by atoms with Gasteiger partial charge < -0.3 is 25.8 Å². The number of aromatic nitrogens is 6. The first-order valence-corrected chi connectivity index (χ1v) is 11.8. The van der Waals surface area contributed by atoms with Gasteiger partial charge in [0.25, 0.3) is 0 Å². The van der Waals surface area contributed by atoms with E-state index in [1.165, 1.54) is 41.8 Å². The van der Waals surface area contributed by atoms with Crippen LogP contribution in [0.2, 0.25) is 0 Å². The number of alkyl halides is 3. The van der Waals surface area contributed by atoms with Crippen molar-refractivity contribution in [2.24, 2.45) is 0 Å². The van der Waals surface area contributed by atoms with E-state index < -0.39 is 23.8 Å². The topological polar surface area (TPSA) is 175 Å². The number of nitrogens with zero attached hydrogens (tertiary/aromatic N) is 7. The number of isothiocyanates is 1. The number of hydrogen-bond acceptors (Lipinski definition) is 8. The van der Waals surface area contributed by atoms with Crippen LogP contribution in [0.25, 0.3) is 39.6 Å². The Morgan fingerprint density at radius 3 is 1.74 bits per heavy atom. The van der Waals surface area contributed by atoms with Crippen molar-refractivity contribution in [3.63, 3.8) is 0 Å². The summed E-state index contributed by atoms with van der Waals surface area (Å²) in [5.41, 5.74) is 1.35. The van der Waals surface area contributed by atoms with E-state index in [9.17, 15) is 22.8 Å². The average Bonchev–Trinajstić information content (AvgIpc) is 3.50. The molecule has 16 heteroatoms. The molecule has 218 valence electrons. The molecule has 0 radical (unpaired) electrons. The molecule has 2 N–H and O–H groups in total. The maximum atomic E-state index is 12.5. The van der Waals surface area contributed by atoms with Gasteiger partial charge >= 0.3 is 37.6 Å². The van der Waals surface area contributed by atoms with Crippen molar-refractivity contribution in [1.29, 1.82) is 0 Å². The van der Waals surface area contributed by atoms with Gasteiger partial charge in [0, 0.05) is 18.6 Å². The number of rotatable bonds is 5. The van der Waals surface area contributed by atoms with Crippen LogP contribution in [0.1, 0.15) is 26.4 Å². The summed E-state index contributed by atoms with van der Waals surface area (Å²) in [7, 11) is 0. The van der Waals surface area contributed by atoms with E-state index in [0.29, 0.717) is 28.5 Å². The molecule has 0 atom stereocenters. The molecule has 0 aliphatic heterocycles. The third-order valence-corrected chi connectivity index (χ3v) is 5.04. The third-order valence-electron chi connectivity index (χ3n) is 5.04. The third kappa shape index (κ3) is 9.78. The molecule has 5 rings (SSSR count). The predicted molar refractivity (Wildman–Crippen MR) is 146 cm³/mol. The fourth-order valence-corrected chi connectivity index (χ4v) is 3.20. The summed E-state index contributed by atoms with van der Waals surface area (Å²) in [5.74, 6) is -2.15. The summed E-state index contributed by atoms with van der Waals surface area (Å²) in [6.07, 6.45) is -0.209. The van der Waals surface area contributed by atoms with Gasteiger partial charge in [0.05, 0.1) is 39.6 Å². The zero-order valence-corrected chi connectivity index (χ0v) is 23.9. The van der Waals surface area contributed by atoms with Gasteiger partial charge in [-0.05, 0) is 54.6 Å². The van der Waals surface area contributed by atoms with Crippen LogP contribution < -0.4 is 5.10 Å². The van der Waals surface area contributed by atoms with E-state index in [0.717, 1.165) is 6.07 Å². The van der Waals surface area contributed by atoms with E-state index in [2.05, 4.69) is 42.4 Å². The van der Waals surface area contributed by atoms with Gasteiger partial charge in [0.1, 0.15) is 5.69 Å². The summed E-state index contributed by atoms with van der Waals surface area (Å²) in [5, 5.41) is 32.9. The molecule has 5 heterocycles. The Kier molecular flexibility index (Phi) is 12.6. The first-order valence-electron chi connectivity index (χ1n) is 11.4. The number of carboxylic acids is 2. The molecule has 5 aromatic rings. The van der Waals surface area contributed by atoms with Crippen LogP contribution in [0.4, 0.5) is 13.2 Å². The van der Waals surface area contributed by atoms with E-state index in [4.69, 9.17) is 15.6 Å². The Labute approximate surface area is 259 Å². The van der Waals surface area contributed by atoms with Crippen LogP contribution in [0, 0.1) is 0 Å². The number of thiocarbonyl (C=S) groups is 1. The van der Waals surface area contributed by atoms with Crippen LogP contribution in [0.3, 0.4) is 0 Å². The van der Waals surface area contributed by atoms with Crippen molar-refractivity contribution >= 4 is 29.3 Å². The first kappa shape index (κ1) is 34.2. The normalized spacial score (nSPS) is 10.0. The van der Waals surface area contributed by atoms with Crippen molar-refractivity contribution in [2.45, 2.75) is 6.18 Å². The van der Waals surface area contributed by atoms with Crippen LogP contribution >= 0.6 is 12.2 Å². The van der Waals surface area contributed by atoms with Gasteiger partial charge in [-0.3, -0.25) is 15.0 Å². The number of halogens is 3. The minimum Gasteiger partial charge on any atom is -0.753 e. The number of hydrogen-bond donors (Lipinski definition) is 2. The Morgan fingerprint density at radius 2 is 1.28 bits per heavy atom. The van der Waals surface area contributed by atoms with Gasteiger partial charge in [-0.2, -0.15) is 18.3 Å². The molecule has 0 bridgehead atoms. The standard InChI is InChI=1S/C14H8F3N4.C12H8N2O4.CNS.Ru/c15-14(16,17)13-8-12(20-21-13)11-6-3-5-10(19-11)9-4-1-2-7-18-9;15-11(16)7-1-3-13-9(5-7)10-6-8(12(17)18)2-4-14-10;2-1-3;/h1-8H;1-6H,(H,15,16)(H,17,18);;/q-1;;-1;+2. The predicted octanol–water partition coefficient (Wildman–Crippen LogP) is 5.38. The van der Waals surface area contributed by atoms with Gasteiger partial charge in [-0.25, -0.2) is 14.6 Å². The average molecular weight is 693 g/mol. The van der Waals surface area contributed by atoms with E-state index in [1.54, 1.807) is 42.6 Å². The number of aromatic carboxylic acids is 2. The molecular formula is C27H16F3N7O4RuS. The quantitative estimate of drug-likeness (QED) is 0.137. The summed E-state index contributed by atoms with van der Waals surface area (Å²) in [6.45, 7) is 0. The second-order valence-electron chi connectivity index (χ2n) is 7.80. The number of carbonyl (C=O) groups is 2. The maximum absolute atomic E-state index is 12.5. The Morgan fingerprint density at radius 1 is 0.767 bits per heavy atom. The Hall–Kier alpha value is -5.04. The Bertz CT molecular complexity index is 1680. The Balaban J connectivity index is 0.000000272. The van der Waals surface area contributed by atoms with Crippen molar-refractivity contribution in [3.05, 3.63) is 108 Å². The van der Waals surface area contributed by atoms with Crippen LogP contribution in [-0.2, 0) is 25.7 Å². The number of carboxylic acid groups (broad SMARTS) is 2. The molecule has 11 nitrogen and oxygen atoms in total. The minimum absolute atomic E-state index is 0. The van der Waals surface area contributed by atoms with Gasteiger partial charge in [-0.15, -0.1) is 0 Å². The van der Waals surface area contributed by atoms with Gasteiger partial charge in [0.2, 0.25) is 0 Å². The molecule has 0 aromatic carbocycles. The molecule has 0 spiro atoms. The molecule has 43 heavy (non-hydrogen) atoms. The van der Waals surface area contributed by atoms with Gasteiger partial charge in [-0.1, -0.05) is 30.0 Å². The molecule has 0 fully saturated rings. The van der Waals surface area contributed by atoms with Crippen molar-refractivity contribution in [2.75, 3.05) is 0 Å². The summed E-state index contributed by atoms with van der Waals surface area (Å²) in [6, 6.07) is 16.6. The summed E-state index contributed by atoms with van der Waals surface area (Å²) in [4.78, 5) is 38.0. The zero-order valence-electron chi connectivity index (χ0n) is 21.3. The van der Waals surface area contributed by atoms with E-state index in [-0.39, 0.29) is 36.3 Å². The van der Waals surface area contributed by atoms with Crippen molar-refractivity contribution in [3.8, 4) is 34.2 Å². The molecule has 0 saturated carbocycles. The molecule has 0 aliphatic carbocycles. The van der Waals surface area contributed by atoms with E-state index >= 15 is 0 Å². The fourth-order valence-electron chi connectivity index (χ4n) is 3.20. The minimum atomic E-state index is -4.51. The zero-order chi connectivity index (χ0) is 30.7. The number of pyridine rings is 4. The second-order valence-corrected chi connectivity index (χ2v) is 7.98. The summed E-state index contributed by atoms with van der Waals surface area (Å²) < 4.78 is 37.6.